The number of non-ortho nitro benzene ring substituents is 1. The number of amides is 1. The lowest BCUT2D eigenvalue weighted by Crippen LogP contribution is -2.24. The van der Waals surface area contributed by atoms with Gasteiger partial charge < -0.3 is 9.47 Å². The summed E-state index contributed by atoms with van der Waals surface area (Å²) in [5.74, 6) is -0.131. The number of hydrazone groups is 1. The van der Waals surface area contributed by atoms with Crippen LogP contribution >= 0.6 is 0 Å². The molecule has 1 N–H and O–H groups in total. The maximum Gasteiger partial charge on any atom is 0.343 e. The lowest BCUT2D eigenvalue weighted by Gasteiger charge is -2.07. The van der Waals surface area contributed by atoms with Crippen LogP contribution in [-0.2, 0) is 4.79 Å². The van der Waals surface area contributed by atoms with Crippen molar-refractivity contribution in [2.75, 3.05) is 6.61 Å². The van der Waals surface area contributed by atoms with Gasteiger partial charge in [-0.15, -0.1) is 0 Å². The molecule has 3 aromatic carbocycles. The van der Waals surface area contributed by atoms with Gasteiger partial charge in [-0.3, -0.25) is 14.9 Å². The van der Waals surface area contributed by atoms with Crippen LogP contribution in [0.5, 0.6) is 11.5 Å². The number of benzene rings is 3. The number of nitrogens with one attached hydrogen (secondary N) is 1. The Morgan fingerprint density at radius 3 is 2.21 bits per heavy atom. The fraction of sp³-hybridized carbons (Fsp3) is 0.125. The summed E-state index contributed by atoms with van der Waals surface area (Å²) in [6.07, 6.45) is 1.44. The van der Waals surface area contributed by atoms with E-state index in [4.69, 9.17) is 9.47 Å². The van der Waals surface area contributed by atoms with Crippen molar-refractivity contribution in [2.24, 2.45) is 5.10 Å². The van der Waals surface area contributed by atoms with Crippen LogP contribution in [0.1, 0.15) is 27.0 Å². The molecule has 0 aromatic heterocycles. The van der Waals surface area contributed by atoms with E-state index in [0.29, 0.717) is 17.1 Å². The molecule has 3 rings (SSSR count). The maximum absolute atomic E-state index is 12.2. The molecular weight excluding hydrogens is 426 g/mol. The van der Waals surface area contributed by atoms with Gasteiger partial charge in [0.25, 0.3) is 11.6 Å². The molecule has 3 aromatic rings. The largest absolute Gasteiger partial charge is 0.484 e. The fourth-order valence-corrected chi connectivity index (χ4v) is 2.88. The van der Waals surface area contributed by atoms with Gasteiger partial charge in [-0.2, -0.15) is 5.10 Å². The van der Waals surface area contributed by atoms with Crippen LogP contribution in [0.3, 0.4) is 0 Å². The second-order valence-corrected chi connectivity index (χ2v) is 7.17. The molecular formula is C24H21N3O6. The molecule has 0 radical (unpaired) electrons. The van der Waals surface area contributed by atoms with Gasteiger partial charge >= 0.3 is 5.97 Å². The number of carbonyl (C=O) groups excluding carboxylic acids is 2. The Hall–Kier alpha value is -4.53. The zero-order valence-corrected chi connectivity index (χ0v) is 18.0. The molecule has 168 valence electrons. The minimum absolute atomic E-state index is 0.112. The predicted octanol–water partition coefficient (Wildman–Crippen LogP) is 3.96. The first-order chi connectivity index (χ1) is 15.8. The molecule has 0 saturated heterocycles. The highest BCUT2D eigenvalue weighted by atomic mass is 16.6. The highest BCUT2D eigenvalue weighted by Gasteiger charge is 2.11. The van der Waals surface area contributed by atoms with Gasteiger partial charge in [0.15, 0.2) is 6.61 Å². The van der Waals surface area contributed by atoms with Crippen LogP contribution in [0, 0.1) is 24.0 Å². The minimum atomic E-state index is -0.637. The Bertz CT molecular complexity index is 1170. The first kappa shape index (κ1) is 23.1. The standard InChI is InChI=1S/C24H21N3O6/c1-16-11-17(2)13-22(12-16)32-15-23(28)26-25-14-18-3-9-21(10-4-18)33-24(29)19-5-7-20(8-6-19)27(30)31/h3-14H,15H2,1-2H3,(H,26,28). The molecule has 9 nitrogen and oxygen atoms in total. The number of esters is 1. The van der Waals surface area contributed by atoms with E-state index in [9.17, 15) is 19.7 Å². The zero-order valence-electron chi connectivity index (χ0n) is 18.0. The van der Waals surface area contributed by atoms with E-state index in [1.165, 1.54) is 30.5 Å². The van der Waals surface area contributed by atoms with Crippen molar-refractivity contribution in [2.45, 2.75) is 13.8 Å². The molecule has 0 spiro atoms. The Morgan fingerprint density at radius 2 is 1.61 bits per heavy atom. The van der Waals surface area contributed by atoms with Gasteiger partial charge in [-0.25, -0.2) is 10.2 Å². The number of hydrogen-bond acceptors (Lipinski definition) is 7. The van der Waals surface area contributed by atoms with Crippen LogP contribution in [0.4, 0.5) is 5.69 Å². The smallest absolute Gasteiger partial charge is 0.343 e. The molecule has 33 heavy (non-hydrogen) atoms. The van der Waals surface area contributed by atoms with Gasteiger partial charge in [0.1, 0.15) is 11.5 Å². The van der Waals surface area contributed by atoms with Crippen molar-refractivity contribution in [3.8, 4) is 11.5 Å². The summed E-state index contributed by atoms with van der Waals surface area (Å²) in [5, 5.41) is 14.6. The molecule has 0 aliphatic heterocycles. The summed E-state index contributed by atoms with van der Waals surface area (Å²) >= 11 is 0. The topological polar surface area (TPSA) is 120 Å². The second kappa shape index (κ2) is 10.7. The second-order valence-electron chi connectivity index (χ2n) is 7.17. The van der Waals surface area contributed by atoms with Crippen molar-refractivity contribution in [3.05, 3.63) is 99.1 Å². The van der Waals surface area contributed by atoms with Crippen LogP contribution in [0.2, 0.25) is 0 Å². The van der Waals surface area contributed by atoms with E-state index in [-0.39, 0.29) is 17.9 Å². The van der Waals surface area contributed by atoms with Gasteiger partial charge in [0.2, 0.25) is 0 Å². The number of aryl methyl sites for hydroxylation is 2. The van der Waals surface area contributed by atoms with Crippen LogP contribution in [-0.4, -0.2) is 29.6 Å². The highest BCUT2D eigenvalue weighted by molar-refractivity contribution is 5.91. The van der Waals surface area contributed by atoms with Gasteiger partial charge in [0.05, 0.1) is 16.7 Å². The summed E-state index contributed by atoms with van der Waals surface area (Å²) in [6.45, 7) is 3.73. The first-order valence-corrected chi connectivity index (χ1v) is 9.90. The number of carbonyl (C=O) groups is 2. The molecule has 0 bridgehead atoms. The van der Waals surface area contributed by atoms with Crippen LogP contribution in [0.25, 0.3) is 0 Å². The lowest BCUT2D eigenvalue weighted by molar-refractivity contribution is -0.384. The van der Waals surface area contributed by atoms with Crippen molar-refractivity contribution >= 4 is 23.8 Å². The molecule has 0 atom stereocenters. The predicted molar refractivity (Wildman–Crippen MR) is 122 cm³/mol. The van der Waals surface area contributed by atoms with Crippen molar-refractivity contribution in [1.82, 2.24) is 5.43 Å². The molecule has 0 heterocycles. The maximum atomic E-state index is 12.2. The van der Waals surface area contributed by atoms with Crippen molar-refractivity contribution < 1.29 is 24.0 Å². The van der Waals surface area contributed by atoms with Gasteiger partial charge in [-0.1, -0.05) is 6.07 Å². The number of nitrogens with zero attached hydrogens (tertiary/aromatic N) is 2. The Balaban J connectivity index is 1.47. The summed E-state index contributed by atoms with van der Waals surface area (Å²) in [6, 6.07) is 17.3. The monoisotopic (exact) mass is 447 g/mol. The van der Waals surface area contributed by atoms with E-state index < -0.39 is 16.8 Å². The average Bonchev–Trinajstić information content (AvgIpc) is 2.78. The molecule has 9 heteroatoms. The molecule has 0 aliphatic rings. The van der Waals surface area contributed by atoms with Gasteiger partial charge in [-0.05, 0) is 79.1 Å². The lowest BCUT2D eigenvalue weighted by atomic mass is 10.1. The summed E-state index contributed by atoms with van der Waals surface area (Å²) < 4.78 is 10.7. The third-order valence-electron chi connectivity index (χ3n) is 4.37. The molecule has 1 amide bonds. The van der Waals surface area contributed by atoms with E-state index in [1.54, 1.807) is 24.3 Å². The summed E-state index contributed by atoms with van der Waals surface area (Å²) in [7, 11) is 0. The number of ether oxygens (including phenoxy) is 2. The van der Waals surface area contributed by atoms with E-state index >= 15 is 0 Å². The Kier molecular flexibility index (Phi) is 7.48. The normalized spacial score (nSPS) is 10.6. The number of rotatable bonds is 8. The van der Waals surface area contributed by atoms with Crippen molar-refractivity contribution in [1.29, 1.82) is 0 Å². The molecule has 0 unspecified atom stereocenters. The molecule has 0 aliphatic carbocycles. The quantitative estimate of drug-likeness (QED) is 0.183. The molecule has 0 fully saturated rings. The third-order valence-corrected chi connectivity index (χ3v) is 4.37. The first-order valence-electron chi connectivity index (χ1n) is 9.90. The van der Waals surface area contributed by atoms with E-state index in [2.05, 4.69) is 10.5 Å². The van der Waals surface area contributed by atoms with Gasteiger partial charge in [0, 0.05) is 12.1 Å². The number of nitro groups is 1. The Labute approximate surface area is 189 Å². The average molecular weight is 447 g/mol. The summed E-state index contributed by atoms with van der Waals surface area (Å²) in [4.78, 5) is 34.2. The van der Waals surface area contributed by atoms with Crippen LogP contribution in [0.15, 0.2) is 71.8 Å². The fourth-order valence-electron chi connectivity index (χ4n) is 2.88. The number of hydrogen-bond donors (Lipinski definition) is 1. The SMILES string of the molecule is Cc1cc(C)cc(OCC(=O)NN=Cc2ccc(OC(=O)c3ccc([N+](=O)[O-])cc3)cc2)c1. The zero-order chi connectivity index (χ0) is 23.8. The highest BCUT2D eigenvalue weighted by Crippen LogP contribution is 2.17. The molecule has 0 saturated carbocycles. The minimum Gasteiger partial charge on any atom is -0.484 e. The van der Waals surface area contributed by atoms with E-state index in [1.807, 2.05) is 32.0 Å². The van der Waals surface area contributed by atoms with Crippen molar-refractivity contribution in [3.63, 3.8) is 0 Å². The van der Waals surface area contributed by atoms with Crippen LogP contribution < -0.4 is 14.9 Å². The Morgan fingerprint density at radius 1 is 0.970 bits per heavy atom. The third kappa shape index (κ3) is 7.00. The number of nitro benzene ring substituents is 1. The van der Waals surface area contributed by atoms with E-state index in [0.717, 1.165) is 11.1 Å². The summed E-state index contributed by atoms with van der Waals surface area (Å²) in [5.41, 5.74) is 5.22.